The normalized spacial score (nSPS) is 28.3. The monoisotopic (exact) mass is 658 g/mol. The number of aryl methyl sites for hydroxylation is 1. The van der Waals surface area contributed by atoms with E-state index in [0.717, 1.165) is 77.0 Å². The molecule has 4 unspecified atom stereocenters. The van der Waals surface area contributed by atoms with E-state index in [-0.39, 0.29) is 42.9 Å². The van der Waals surface area contributed by atoms with Crippen LogP contribution in [0.2, 0.25) is 0 Å². The summed E-state index contributed by atoms with van der Waals surface area (Å²) in [5.74, 6) is -2.82. The van der Waals surface area contributed by atoms with E-state index in [1.165, 1.54) is 11.1 Å². The highest BCUT2D eigenvalue weighted by atomic mass is 19.4. The number of aliphatic hydroxyl groups is 1. The number of carbonyl (C=O) groups excluding carboxylic acids is 1. The third-order valence-electron chi connectivity index (χ3n) is 11.7. The van der Waals surface area contributed by atoms with Crippen LogP contribution >= 0.6 is 0 Å². The Morgan fingerprint density at radius 3 is 2.28 bits per heavy atom. The van der Waals surface area contributed by atoms with E-state index < -0.39 is 18.5 Å². The number of phenols is 1. The molecule has 0 aromatic heterocycles. The summed E-state index contributed by atoms with van der Waals surface area (Å²) in [5.41, 5.74) is 2.69. The highest BCUT2D eigenvalue weighted by Crippen LogP contribution is 2.63. The van der Waals surface area contributed by atoms with Gasteiger partial charge in [-0.2, -0.15) is 22.0 Å². The van der Waals surface area contributed by atoms with Gasteiger partial charge in [-0.1, -0.05) is 64.4 Å². The molecule has 0 spiro atoms. The molecule has 0 bridgehead atoms. The minimum Gasteiger partial charge on any atom is -0.508 e. The number of phenolic OH excluding ortho intramolecular Hbond substituents is 1. The molecule has 0 saturated heterocycles. The summed E-state index contributed by atoms with van der Waals surface area (Å²) in [6, 6.07) is 5.94. The second-order valence-corrected chi connectivity index (χ2v) is 14.7. The maximum absolute atomic E-state index is 13.1. The number of unbranched alkanes of at least 4 members (excludes halogenated alkanes) is 7. The standard InChI is InChI=1S/C37H55F5O4/c1-3-46-34(45)25(14-11-8-12-22-36(38,39)37(40,41)42)13-9-6-4-5-7-10-15-27-24-35(2)31(20-21-32(35)44)30-18-16-26-23-28(43)17-19-29(26)33(27)30/h17,19,23,25,27,30-33,43-44H,3-16,18,20-22,24H2,1-2H3/t25?,27-,30?,31?,32-,33?,35-/m0/s1. The average Bonchev–Trinajstić information content (AvgIpc) is 3.29. The van der Waals surface area contributed by atoms with Crippen molar-refractivity contribution < 1.29 is 41.7 Å². The van der Waals surface area contributed by atoms with Gasteiger partial charge < -0.3 is 14.9 Å². The van der Waals surface area contributed by atoms with Gasteiger partial charge in [-0.15, -0.1) is 0 Å². The van der Waals surface area contributed by atoms with Crippen molar-refractivity contribution in [1.82, 2.24) is 0 Å². The lowest BCUT2D eigenvalue weighted by Gasteiger charge is -2.54. The van der Waals surface area contributed by atoms with Gasteiger partial charge in [-0.3, -0.25) is 4.79 Å². The maximum Gasteiger partial charge on any atom is 0.453 e. The van der Waals surface area contributed by atoms with Crippen LogP contribution in [0.4, 0.5) is 22.0 Å². The van der Waals surface area contributed by atoms with Gasteiger partial charge in [0, 0.05) is 6.42 Å². The van der Waals surface area contributed by atoms with E-state index in [1.807, 2.05) is 12.1 Å². The summed E-state index contributed by atoms with van der Waals surface area (Å²) >= 11 is 0. The molecule has 0 amide bonds. The molecule has 3 aliphatic carbocycles. The fourth-order valence-electron chi connectivity index (χ4n) is 9.33. The lowest BCUT2D eigenvalue weighted by atomic mass is 9.51. The van der Waals surface area contributed by atoms with Crippen LogP contribution in [0.5, 0.6) is 5.75 Å². The van der Waals surface area contributed by atoms with Crippen LogP contribution in [0, 0.1) is 29.1 Å². The number of hydrogen-bond acceptors (Lipinski definition) is 4. The van der Waals surface area contributed by atoms with Gasteiger partial charge in [0.15, 0.2) is 0 Å². The number of aromatic hydroxyl groups is 1. The van der Waals surface area contributed by atoms with Crippen molar-refractivity contribution in [2.24, 2.45) is 29.1 Å². The van der Waals surface area contributed by atoms with Crippen molar-refractivity contribution in [3.05, 3.63) is 29.3 Å². The van der Waals surface area contributed by atoms with Crippen molar-refractivity contribution >= 4 is 5.97 Å². The van der Waals surface area contributed by atoms with E-state index in [0.29, 0.717) is 48.7 Å². The summed E-state index contributed by atoms with van der Waals surface area (Å²) in [5, 5.41) is 21.1. The van der Waals surface area contributed by atoms with Crippen LogP contribution in [0.3, 0.4) is 0 Å². The van der Waals surface area contributed by atoms with Gasteiger partial charge in [0.25, 0.3) is 0 Å². The van der Waals surface area contributed by atoms with Crippen molar-refractivity contribution in [3.63, 3.8) is 0 Å². The summed E-state index contributed by atoms with van der Waals surface area (Å²) < 4.78 is 68.6. The molecule has 7 atom stereocenters. The van der Waals surface area contributed by atoms with Gasteiger partial charge in [0.2, 0.25) is 0 Å². The SMILES string of the molecule is CCOC(=O)C(CCCCCCCC[C@H]1C[C@@]2(C)C(CC[C@@H]2O)C2CCc3cc(O)ccc3C21)CCCCCC(F)(F)C(F)(F)F. The number of alkyl halides is 5. The van der Waals surface area contributed by atoms with Gasteiger partial charge in [0.1, 0.15) is 5.75 Å². The Morgan fingerprint density at radius 1 is 0.957 bits per heavy atom. The number of aliphatic hydroxyl groups excluding tert-OH is 1. The number of esters is 1. The van der Waals surface area contributed by atoms with Crippen LogP contribution in [0.15, 0.2) is 18.2 Å². The number of fused-ring (bicyclic) bond motifs is 5. The lowest BCUT2D eigenvalue weighted by Crippen LogP contribution is -2.47. The molecule has 1 aromatic carbocycles. The molecule has 0 heterocycles. The molecule has 262 valence electrons. The highest BCUT2D eigenvalue weighted by Gasteiger charge is 2.58. The Morgan fingerprint density at radius 2 is 1.61 bits per heavy atom. The summed E-state index contributed by atoms with van der Waals surface area (Å²) in [7, 11) is 0. The van der Waals surface area contributed by atoms with Crippen LogP contribution in [0.25, 0.3) is 0 Å². The zero-order valence-corrected chi connectivity index (χ0v) is 27.7. The van der Waals surface area contributed by atoms with E-state index >= 15 is 0 Å². The van der Waals surface area contributed by atoms with Gasteiger partial charge in [0.05, 0.1) is 18.6 Å². The first-order valence-corrected chi connectivity index (χ1v) is 17.9. The number of halogens is 5. The molecule has 0 aliphatic heterocycles. The number of hydrogen-bond donors (Lipinski definition) is 2. The molecule has 2 N–H and O–H groups in total. The average molecular weight is 659 g/mol. The molecule has 46 heavy (non-hydrogen) atoms. The topological polar surface area (TPSA) is 66.8 Å². The molecule has 4 rings (SSSR count). The van der Waals surface area contributed by atoms with Gasteiger partial charge in [-0.05, 0) is 117 Å². The molecule has 9 heteroatoms. The second-order valence-electron chi connectivity index (χ2n) is 14.7. The van der Waals surface area contributed by atoms with Crippen molar-refractivity contribution in [1.29, 1.82) is 0 Å². The fourth-order valence-corrected chi connectivity index (χ4v) is 9.33. The first-order chi connectivity index (χ1) is 21.8. The summed E-state index contributed by atoms with van der Waals surface area (Å²) in [6.07, 6.45) is 7.10. The van der Waals surface area contributed by atoms with E-state index in [4.69, 9.17) is 4.74 Å². The highest BCUT2D eigenvalue weighted by molar-refractivity contribution is 5.72. The van der Waals surface area contributed by atoms with E-state index in [9.17, 15) is 37.0 Å². The van der Waals surface area contributed by atoms with Crippen molar-refractivity contribution in [2.75, 3.05) is 6.61 Å². The van der Waals surface area contributed by atoms with Crippen LogP contribution in [-0.4, -0.2) is 41.0 Å². The van der Waals surface area contributed by atoms with Crippen LogP contribution < -0.4 is 0 Å². The number of ether oxygens (including phenoxy) is 1. The molecule has 4 nitrogen and oxygen atoms in total. The largest absolute Gasteiger partial charge is 0.508 e. The van der Waals surface area contributed by atoms with Gasteiger partial charge >= 0.3 is 18.1 Å². The molecular formula is C37H55F5O4. The number of carbonyl (C=O) groups is 1. The first-order valence-electron chi connectivity index (χ1n) is 17.9. The molecule has 1 aromatic rings. The number of rotatable bonds is 17. The fraction of sp³-hybridized carbons (Fsp3) is 0.811. The van der Waals surface area contributed by atoms with Crippen LogP contribution in [-0.2, 0) is 16.0 Å². The quantitative estimate of drug-likeness (QED) is 0.0993. The first kappa shape index (κ1) is 36.9. The minimum atomic E-state index is -5.52. The Labute approximate surface area is 271 Å². The molecule has 0 radical (unpaired) electrons. The van der Waals surface area contributed by atoms with Crippen molar-refractivity contribution in [3.8, 4) is 5.75 Å². The molecular weight excluding hydrogens is 603 g/mol. The summed E-state index contributed by atoms with van der Waals surface area (Å²) in [6.45, 7) is 4.30. The minimum absolute atomic E-state index is 0.0101. The molecule has 3 aliphatic rings. The zero-order valence-electron chi connectivity index (χ0n) is 27.7. The number of benzene rings is 1. The smallest absolute Gasteiger partial charge is 0.453 e. The lowest BCUT2D eigenvalue weighted by molar-refractivity contribution is -0.284. The zero-order chi connectivity index (χ0) is 33.5. The van der Waals surface area contributed by atoms with Crippen LogP contribution in [0.1, 0.15) is 140 Å². The predicted octanol–water partition coefficient (Wildman–Crippen LogP) is 10.3. The third kappa shape index (κ3) is 8.76. The molecule has 2 saturated carbocycles. The Kier molecular flexibility index (Phi) is 12.8. The van der Waals surface area contributed by atoms with E-state index in [1.54, 1.807) is 6.92 Å². The van der Waals surface area contributed by atoms with E-state index in [2.05, 4.69) is 13.0 Å². The summed E-state index contributed by atoms with van der Waals surface area (Å²) in [4.78, 5) is 12.4. The third-order valence-corrected chi connectivity index (χ3v) is 11.7. The Hall–Kier alpha value is -1.90. The predicted molar refractivity (Wildman–Crippen MR) is 169 cm³/mol. The Bertz CT molecular complexity index is 1120. The van der Waals surface area contributed by atoms with Gasteiger partial charge in [-0.25, -0.2) is 0 Å². The second kappa shape index (κ2) is 16.0. The molecule has 2 fully saturated rings. The van der Waals surface area contributed by atoms with Crippen molar-refractivity contribution in [2.45, 2.75) is 154 Å². The maximum atomic E-state index is 13.1. The Balaban J connectivity index is 1.19.